The van der Waals surface area contributed by atoms with Crippen LogP contribution < -0.4 is 0 Å². The minimum atomic E-state index is -0.264. The summed E-state index contributed by atoms with van der Waals surface area (Å²) in [5, 5.41) is 0. The number of thioether (sulfide) groups is 1. The van der Waals surface area contributed by atoms with Crippen LogP contribution in [0.1, 0.15) is 36.7 Å². The van der Waals surface area contributed by atoms with Crippen molar-refractivity contribution in [2.24, 2.45) is 0 Å². The summed E-state index contributed by atoms with van der Waals surface area (Å²) in [4.78, 5) is 11.8. The van der Waals surface area contributed by atoms with Gasteiger partial charge in [-0.1, -0.05) is 20.8 Å². The molecule has 0 aromatic heterocycles. The van der Waals surface area contributed by atoms with Gasteiger partial charge in [0, 0.05) is 10.3 Å². The normalized spacial score (nSPS) is 11.6. The fourth-order valence-corrected chi connectivity index (χ4v) is 1.91. The van der Waals surface area contributed by atoms with E-state index in [4.69, 9.17) is 0 Å². The van der Waals surface area contributed by atoms with Crippen molar-refractivity contribution in [2.45, 2.75) is 32.4 Å². The van der Waals surface area contributed by atoms with Crippen LogP contribution in [0, 0.1) is 12.7 Å². The lowest BCUT2D eigenvalue weighted by atomic mass is 10.1. The number of aryl methyl sites for hydroxylation is 1. The van der Waals surface area contributed by atoms with Gasteiger partial charge in [-0.05, 0) is 30.7 Å². The number of benzene rings is 1. The van der Waals surface area contributed by atoms with Crippen molar-refractivity contribution in [1.29, 1.82) is 0 Å². The van der Waals surface area contributed by atoms with Gasteiger partial charge in [-0.25, -0.2) is 4.39 Å². The van der Waals surface area contributed by atoms with Crippen molar-refractivity contribution in [2.75, 3.05) is 5.75 Å². The summed E-state index contributed by atoms with van der Waals surface area (Å²) in [6, 6.07) is 4.51. The summed E-state index contributed by atoms with van der Waals surface area (Å²) in [5.74, 6) is 0.234. The van der Waals surface area contributed by atoms with Gasteiger partial charge in [-0.3, -0.25) is 4.79 Å². The number of halogens is 1. The van der Waals surface area contributed by atoms with Crippen LogP contribution >= 0.6 is 11.8 Å². The third kappa shape index (κ3) is 3.97. The van der Waals surface area contributed by atoms with Gasteiger partial charge < -0.3 is 0 Å². The molecule has 88 valence electrons. The third-order valence-corrected chi connectivity index (χ3v) is 3.39. The third-order valence-electron chi connectivity index (χ3n) is 2.12. The molecule has 0 heterocycles. The van der Waals surface area contributed by atoms with Crippen LogP contribution in [0.15, 0.2) is 18.2 Å². The molecule has 0 radical (unpaired) electrons. The molecule has 0 fully saturated rings. The summed E-state index contributed by atoms with van der Waals surface area (Å²) in [6.45, 7) is 7.88. The van der Waals surface area contributed by atoms with Crippen LogP contribution in [-0.4, -0.2) is 16.3 Å². The molecule has 0 saturated heterocycles. The molecule has 0 unspecified atom stereocenters. The standard InChI is InChI=1S/C13H17FOS/c1-9-7-10(5-6-11(9)14)12(15)8-16-13(2,3)4/h5-7H,8H2,1-4H3. The lowest BCUT2D eigenvalue weighted by molar-refractivity contribution is 0.102. The topological polar surface area (TPSA) is 17.1 Å². The highest BCUT2D eigenvalue weighted by Crippen LogP contribution is 2.24. The van der Waals surface area contributed by atoms with E-state index in [9.17, 15) is 9.18 Å². The van der Waals surface area contributed by atoms with Gasteiger partial charge in [0.2, 0.25) is 0 Å². The second-order valence-corrected chi connectivity index (χ2v) is 6.59. The predicted molar refractivity (Wildman–Crippen MR) is 67.7 cm³/mol. The lowest BCUT2D eigenvalue weighted by Gasteiger charge is -2.16. The van der Waals surface area contributed by atoms with Gasteiger partial charge in [-0.15, -0.1) is 11.8 Å². The molecule has 0 atom stereocenters. The average molecular weight is 240 g/mol. The van der Waals surface area contributed by atoms with Crippen molar-refractivity contribution in [1.82, 2.24) is 0 Å². The van der Waals surface area contributed by atoms with Crippen LogP contribution in [0.2, 0.25) is 0 Å². The van der Waals surface area contributed by atoms with Crippen LogP contribution in [0.25, 0.3) is 0 Å². The van der Waals surface area contributed by atoms with E-state index in [0.29, 0.717) is 16.9 Å². The molecular weight excluding hydrogens is 223 g/mol. The molecule has 0 aliphatic carbocycles. The molecular formula is C13H17FOS. The molecule has 0 aliphatic heterocycles. The Hall–Kier alpha value is -0.830. The highest BCUT2D eigenvalue weighted by atomic mass is 32.2. The summed E-state index contributed by atoms with van der Waals surface area (Å²) < 4.78 is 13.1. The van der Waals surface area contributed by atoms with Gasteiger partial charge in [0.1, 0.15) is 5.82 Å². The van der Waals surface area contributed by atoms with E-state index in [-0.39, 0.29) is 16.3 Å². The first-order valence-corrected chi connectivity index (χ1v) is 6.21. The minimum Gasteiger partial charge on any atom is -0.293 e. The Morgan fingerprint density at radius 2 is 2.00 bits per heavy atom. The second-order valence-electron chi connectivity index (χ2n) is 4.79. The summed E-state index contributed by atoms with van der Waals surface area (Å²) >= 11 is 1.60. The number of Topliss-reactive ketones (excluding diaryl/α,β-unsaturated/α-hetero) is 1. The number of carbonyl (C=O) groups excluding carboxylic acids is 1. The van der Waals surface area contributed by atoms with Gasteiger partial charge in [0.25, 0.3) is 0 Å². The SMILES string of the molecule is Cc1cc(C(=O)CSC(C)(C)C)ccc1F. The summed E-state index contributed by atoms with van der Waals surface area (Å²) in [7, 11) is 0. The minimum absolute atomic E-state index is 0.0584. The molecule has 16 heavy (non-hydrogen) atoms. The molecule has 1 nitrogen and oxygen atoms in total. The number of hydrogen-bond acceptors (Lipinski definition) is 2. The van der Waals surface area contributed by atoms with Gasteiger partial charge >= 0.3 is 0 Å². The van der Waals surface area contributed by atoms with E-state index in [1.165, 1.54) is 6.07 Å². The molecule has 0 N–H and O–H groups in total. The Labute approximate surface area is 100 Å². The van der Waals surface area contributed by atoms with Crippen LogP contribution in [0.3, 0.4) is 0 Å². The fraction of sp³-hybridized carbons (Fsp3) is 0.462. The Balaban J connectivity index is 2.70. The summed E-state index contributed by atoms with van der Waals surface area (Å²) in [6.07, 6.45) is 0. The van der Waals surface area contributed by atoms with Crippen molar-refractivity contribution in [3.63, 3.8) is 0 Å². The maximum Gasteiger partial charge on any atom is 0.172 e. The molecule has 0 spiro atoms. The first-order valence-electron chi connectivity index (χ1n) is 5.23. The number of hydrogen-bond donors (Lipinski definition) is 0. The maximum atomic E-state index is 13.0. The van der Waals surface area contributed by atoms with E-state index >= 15 is 0 Å². The van der Waals surface area contributed by atoms with E-state index in [2.05, 4.69) is 20.8 Å². The molecule has 1 aromatic carbocycles. The monoisotopic (exact) mass is 240 g/mol. The molecule has 3 heteroatoms. The highest BCUT2D eigenvalue weighted by Gasteiger charge is 2.15. The average Bonchev–Trinajstić information content (AvgIpc) is 2.17. The van der Waals surface area contributed by atoms with Crippen molar-refractivity contribution in [3.05, 3.63) is 35.1 Å². The van der Waals surface area contributed by atoms with Gasteiger partial charge in [-0.2, -0.15) is 0 Å². The van der Waals surface area contributed by atoms with Crippen LogP contribution in [-0.2, 0) is 0 Å². The van der Waals surface area contributed by atoms with Gasteiger partial charge in [0.15, 0.2) is 5.78 Å². The Kier molecular flexibility index (Phi) is 4.14. The predicted octanol–water partition coefficient (Wildman–Crippen LogP) is 3.85. The highest BCUT2D eigenvalue weighted by molar-refractivity contribution is 8.01. The van der Waals surface area contributed by atoms with E-state index in [1.807, 2.05) is 0 Å². The summed E-state index contributed by atoms with van der Waals surface area (Å²) in [5.41, 5.74) is 1.11. The van der Waals surface area contributed by atoms with Crippen molar-refractivity contribution < 1.29 is 9.18 Å². The zero-order valence-corrected chi connectivity index (χ0v) is 11.0. The quantitative estimate of drug-likeness (QED) is 0.746. The maximum absolute atomic E-state index is 13.0. The van der Waals surface area contributed by atoms with E-state index < -0.39 is 0 Å². The number of rotatable bonds is 3. The Morgan fingerprint density at radius 3 is 2.50 bits per heavy atom. The molecule has 0 amide bonds. The van der Waals surface area contributed by atoms with E-state index in [0.717, 1.165) is 0 Å². The first-order chi connectivity index (χ1) is 7.29. The van der Waals surface area contributed by atoms with Gasteiger partial charge in [0.05, 0.1) is 5.75 Å². The Morgan fingerprint density at radius 1 is 1.38 bits per heavy atom. The molecule has 0 aliphatic rings. The largest absolute Gasteiger partial charge is 0.293 e. The lowest BCUT2D eigenvalue weighted by Crippen LogP contribution is -2.13. The number of ketones is 1. The first kappa shape index (κ1) is 13.2. The van der Waals surface area contributed by atoms with Crippen LogP contribution in [0.4, 0.5) is 4.39 Å². The molecule has 1 rings (SSSR count). The van der Waals surface area contributed by atoms with E-state index in [1.54, 1.807) is 30.8 Å². The number of carbonyl (C=O) groups is 1. The molecule has 0 saturated carbocycles. The van der Waals surface area contributed by atoms with Crippen molar-refractivity contribution >= 4 is 17.5 Å². The molecule has 0 bridgehead atoms. The second kappa shape index (κ2) is 5.00. The van der Waals surface area contributed by atoms with Crippen molar-refractivity contribution in [3.8, 4) is 0 Å². The van der Waals surface area contributed by atoms with Crippen LogP contribution in [0.5, 0.6) is 0 Å². The zero-order chi connectivity index (χ0) is 12.3. The molecule has 1 aromatic rings. The Bertz CT molecular complexity index is 393. The smallest absolute Gasteiger partial charge is 0.172 e. The fourth-order valence-electron chi connectivity index (χ4n) is 1.18. The zero-order valence-electron chi connectivity index (χ0n) is 10.1.